The number of sulfone groups is 1. The maximum atomic E-state index is 12.8. The van der Waals surface area contributed by atoms with Crippen LogP contribution in [0.25, 0.3) is 0 Å². The molecule has 0 unspecified atom stereocenters. The normalized spacial score (nSPS) is 15.7. The number of carbonyl (C=O) groups excluding carboxylic acids is 2. The van der Waals surface area contributed by atoms with Crippen LogP contribution in [0.3, 0.4) is 0 Å². The van der Waals surface area contributed by atoms with Crippen LogP contribution in [-0.4, -0.2) is 75.1 Å². The van der Waals surface area contributed by atoms with Crippen molar-refractivity contribution in [1.82, 2.24) is 15.1 Å². The average molecular weight is 381 g/mol. The summed E-state index contributed by atoms with van der Waals surface area (Å²) in [5, 5.41) is 2.84. The molecule has 0 spiro atoms. The van der Waals surface area contributed by atoms with E-state index in [1.807, 2.05) is 11.8 Å². The summed E-state index contributed by atoms with van der Waals surface area (Å²) in [5.41, 5.74) is 0.225. The third-order valence-electron chi connectivity index (χ3n) is 4.43. The molecule has 8 heteroatoms. The number of hydrogen-bond donors (Lipinski definition) is 1. The molecular weight excluding hydrogens is 354 g/mol. The first-order valence-corrected chi connectivity index (χ1v) is 10.6. The van der Waals surface area contributed by atoms with Gasteiger partial charge in [0, 0.05) is 32.7 Å². The minimum absolute atomic E-state index is 0.00832. The lowest BCUT2D eigenvalue weighted by molar-refractivity contribution is -0.122. The highest BCUT2D eigenvalue weighted by Gasteiger charge is 2.27. The maximum absolute atomic E-state index is 12.8. The summed E-state index contributed by atoms with van der Waals surface area (Å²) < 4.78 is 24.5. The van der Waals surface area contributed by atoms with E-state index in [9.17, 15) is 18.0 Å². The highest BCUT2D eigenvalue weighted by Crippen LogP contribution is 2.19. The highest BCUT2D eigenvalue weighted by atomic mass is 32.2. The monoisotopic (exact) mass is 381 g/mol. The molecule has 0 aliphatic carbocycles. The summed E-state index contributed by atoms with van der Waals surface area (Å²) in [6.07, 6.45) is 0.897. The van der Waals surface area contributed by atoms with Gasteiger partial charge in [0.1, 0.15) is 0 Å². The zero-order valence-electron chi connectivity index (χ0n) is 15.4. The fourth-order valence-electron chi connectivity index (χ4n) is 2.87. The van der Waals surface area contributed by atoms with Crippen molar-refractivity contribution in [3.05, 3.63) is 29.8 Å². The Balaban J connectivity index is 2.00. The molecule has 1 aromatic rings. The van der Waals surface area contributed by atoms with E-state index in [-0.39, 0.29) is 28.0 Å². The Bertz CT molecular complexity index is 741. The van der Waals surface area contributed by atoms with Crippen LogP contribution in [-0.2, 0) is 14.6 Å². The van der Waals surface area contributed by atoms with Crippen molar-refractivity contribution >= 4 is 21.7 Å². The first-order valence-electron chi connectivity index (χ1n) is 8.99. The predicted molar refractivity (Wildman–Crippen MR) is 99.8 cm³/mol. The quantitative estimate of drug-likeness (QED) is 0.754. The summed E-state index contributed by atoms with van der Waals surface area (Å²) in [6.45, 7) is 6.69. The molecular formula is C18H27N3O4S. The standard InChI is InChI=1S/C18H27N3O4S/c1-3-9-19-17(22)14-20-10-12-21(13-11-20)18(23)15-7-5-6-8-16(15)26(24,25)4-2/h5-8H,3-4,9-14H2,1-2H3,(H,19,22). The van der Waals surface area contributed by atoms with Gasteiger partial charge in [0.25, 0.3) is 5.91 Å². The second-order valence-electron chi connectivity index (χ2n) is 6.32. The van der Waals surface area contributed by atoms with Crippen molar-refractivity contribution in [1.29, 1.82) is 0 Å². The van der Waals surface area contributed by atoms with E-state index in [0.717, 1.165) is 6.42 Å². The lowest BCUT2D eigenvalue weighted by Gasteiger charge is -2.34. The molecule has 1 N–H and O–H groups in total. The molecule has 1 aliphatic rings. The molecule has 0 saturated carbocycles. The molecule has 0 aromatic heterocycles. The van der Waals surface area contributed by atoms with Crippen LogP contribution in [0.4, 0.5) is 0 Å². The fraction of sp³-hybridized carbons (Fsp3) is 0.556. The van der Waals surface area contributed by atoms with Gasteiger partial charge in [-0.25, -0.2) is 8.42 Å². The summed E-state index contributed by atoms with van der Waals surface area (Å²) >= 11 is 0. The minimum Gasteiger partial charge on any atom is -0.355 e. The Morgan fingerprint density at radius 3 is 2.35 bits per heavy atom. The smallest absolute Gasteiger partial charge is 0.255 e. The Kier molecular flexibility index (Phi) is 7.16. The molecule has 144 valence electrons. The fourth-order valence-corrected chi connectivity index (χ4v) is 3.96. The molecule has 1 aromatic carbocycles. The SMILES string of the molecule is CCCNC(=O)CN1CCN(C(=O)c2ccccc2S(=O)(=O)CC)CC1. The molecule has 7 nitrogen and oxygen atoms in total. The first kappa shape index (κ1) is 20.4. The molecule has 1 saturated heterocycles. The Labute approximate surface area is 155 Å². The van der Waals surface area contributed by atoms with Gasteiger partial charge in [-0.15, -0.1) is 0 Å². The largest absolute Gasteiger partial charge is 0.355 e. The third kappa shape index (κ3) is 5.04. The van der Waals surface area contributed by atoms with Gasteiger partial charge >= 0.3 is 0 Å². The van der Waals surface area contributed by atoms with Crippen molar-refractivity contribution in [2.75, 3.05) is 45.0 Å². The molecule has 0 radical (unpaired) electrons. The number of amides is 2. The van der Waals surface area contributed by atoms with E-state index < -0.39 is 9.84 Å². The Morgan fingerprint density at radius 2 is 1.73 bits per heavy atom. The van der Waals surface area contributed by atoms with Crippen LogP contribution in [0.5, 0.6) is 0 Å². The second-order valence-corrected chi connectivity index (χ2v) is 8.56. The van der Waals surface area contributed by atoms with Gasteiger partial charge < -0.3 is 10.2 Å². The van der Waals surface area contributed by atoms with E-state index in [4.69, 9.17) is 0 Å². The third-order valence-corrected chi connectivity index (χ3v) is 6.22. The van der Waals surface area contributed by atoms with Crippen LogP contribution >= 0.6 is 0 Å². The highest BCUT2D eigenvalue weighted by molar-refractivity contribution is 7.91. The van der Waals surface area contributed by atoms with E-state index in [2.05, 4.69) is 5.32 Å². The number of benzene rings is 1. The van der Waals surface area contributed by atoms with Crippen LogP contribution in [0.2, 0.25) is 0 Å². The topological polar surface area (TPSA) is 86.8 Å². The number of nitrogens with one attached hydrogen (secondary N) is 1. The van der Waals surface area contributed by atoms with Gasteiger partial charge in [0.2, 0.25) is 5.91 Å². The maximum Gasteiger partial charge on any atom is 0.255 e. The van der Waals surface area contributed by atoms with E-state index in [1.54, 1.807) is 30.0 Å². The minimum atomic E-state index is -3.46. The number of carbonyl (C=O) groups is 2. The van der Waals surface area contributed by atoms with Crippen molar-refractivity contribution in [3.63, 3.8) is 0 Å². The van der Waals surface area contributed by atoms with Crippen LogP contribution in [0.1, 0.15) is 30.6 Å². The lowest BCUT2D eigenvalue weighted by Crippen LogP contribution is -2.51. The molecule has 2 rings (SSSR count). The summed E-state index contributed by atoms with van der Waals surface area (Å²) in [5.74, 6) is -0.323. The van der Waals surface area contributed by atoms with Crippen molar-refractivity contribution in [2.45, 2.75) is 25.2 Å². The molecule has 0 bridgehead atoms. The van der Waals surface area contributed by atoms with Gasteiger partial charge in [0.05, 0.1) is 22.8 Å². The summed E-state index contributed by atoms with van der Waals surface area (Å²) in [6, 6.07) is 6.36. The lowest BCUT2D eigenvalue weighted by atomic mass is 10.2. The average Bonchev–Trinajstić information content (AvgIpc) is 2.66. The summed E-state index contributed by atoms with van der Waals surface area (Å²) in [4.78, 5) is 28.4. The molecule has 2 amide bonds. The number of hydrogen-bond acceptors (Lipinski definition) is 5. The zero-order chi connectivity index (χ0) is 19.2. The zero-order valence-corrected chi connectivity index (χ0v) is 16.2. The number of nitrogens with zero attached hydrogens (tertiary/aromatic N) is 2. The van der Waals surface area contributed by atoms with Gasteiger partial charge in [-0.1, -0.05) is 26.0 Å². The number of rotatable bonds is 7. The van der Waals surface area contributed by atoms with Gasteiger partial charge in [0.15, 0.2) is 9.84 Å². The molecule has 1 heterocycles. The van der Waals surface area contributed by atoms with Crippen LogP contribution in [0.15, 0.2) is 29.2 Å². The van der Waals surface area contributed by atoms with Crippen molar-refractivity contribution in [2.24, 2.45) is 0 Å². The van der Waals surface area contributed by atoms with Gasteiger partial charge in [-0.05, 0) is 18.6 Å². The molecule has 1 fully saturated rings. The van der Waals surface area contributed by atoms with Crippen LogP contribution in [0, 0.1) is 0 Å². The van der Waals surface area contributed by atoms with Crippen molar-refractivity contribution < 1.29 is 18.0 Å². The van der Waals surface area contributed by atoms with Crippen molar-refractivity contribution in [3.8, 4) is 0 Å². The van der Waals surface area contributed by atoms with Gasteiger partial charge in [-0.3, -0.25) is 14.5 Å². The van der Waals surface area contributed by atoms with E-state index in [1.165, 1.54) is 6.07 Å². The Morgan fingerprint density at radius 1 is 1.08 bits per heavy atom. The molecule has 0 atom stereocenters. The predicted octanol–water partition coefficient (Wildman–Crippen LogP) is 0.764. The summed E-state index contributed by atoms with van der Waals surface area (Å²) in [7, 11) is -3.46. The van der Waals surface area contributed by atoms with Crippen LogP contribution < -0.4 is 5.32 Å². The van der Waals surface area contributed by atoms with E-state index in [0.29, 0.717) is 39.3 Å². The van der Waals surface area contributed by atoms with E-state index >= 15 is 0 Å². The molecule has 1 aliphatic heterocycles. The number of piperazine rings is 1. The molecule has 26 heavy (non-hydrogen) atoms. The second kappa shape index (κ2) is 9.14. The first-order chi connectivity index (χ1) is 12.4. The van der Waals surface area contributed by atoms with Gasteiger partial charge in [-0.2, -0.15) is 0 Å². The Hall–Kier alpha value is -1.93.